The Bertz CT molecular complexity index is 440. The molecule has 0 aliphatic rings. The summed E-state index contributed by atoms with van der Waals surface area (Å²) in [6, 6.07) is 0. The lowest BCUT2D eigenvalue weighted by atomic mass is 10.4. The first-order valence-electron chi connectivity index (χ1n) is 3.96. The lowest BCUT2D eigenvalue weighted by molar-refractivity contribution is 0.646. The number of allylic oxidation sites excluding steroid dienone is 1. The van der Waals surface area contributed by atoms with E-state index in [1.807, 2.05) is 0 Å². The van der Waals surface area contributed by atoms with Crippen LogP contribution >= 0.6 is 0 Å². The van der Waals surface area contributed by atoms with E-state index >= 15 is 0 Å². The quantitative estimate of drug-likeness (QED) is 0.603. The number of rotatable bonds is 2. The van der Waals surface area contributed by atoms with Crippen LogP contribution in [0.4, 0.5) is 0 Å². The zero-order valence-corrected chi connectivity index (χ0v) is 7.78. The van der Waals surface area contributed by atoms with Crippen LogP contribution in [0, 0.1) is 6.92 Å². The largest absolute Gasteiger partial charge is 0.331 e. The standard InChI is InChI=1S/C9H12N2O2/c1-4-5-11-6-7(2)8(12)10(3)9(11)13/h4,6H,1,5H2,2-3H3. The van der Waals surface area contributed by atoms with Crippen molar-refractivity contribution in [2.75, 3.05) is 0 Å². The topological polar surface area (TPSA) is 44.0 Å². The van der Waals surface area contributed by atoms with Gasteiger partial charge in [0.2, 0.25) is 0 Å². The van der Waals surface area contributed by atoms with Crippen molar-refractivity contribution >= 4 is 0 Å². The third-order valence-electron chi connectivity index (χ3n) is 1.85. The van der Waals surface area contributed by atoms with Crippen molar-refractivity contribution in [3.8, 4) is 0 Å². The molecular weight excluding hydrogens is 168 g/mol. The van der Waals surface area contributed by atoms with Crippen molar-refractivity contribution in [3.63, 3.8) is 0 Å². The number of hydrogen-bond acceptors (Lipinski definition) is 2. The Morgan fingerprint density at radius 3 is 2.69 bits per heavy atom. The second kappa shape index (κ2) is 3.43. The van der Waals surface area contributed by atoms with E-state index in [0.29, 0.717) is 12.1 Å². The third kappa shape index (κ3) is 1.61. The fraction of sp³-hybridized carbons (Fsp3) is 0.333. The normalized spacial score (nSPS) is 10.0. The molecule has 4 heteroatoms. The highest BCUT2D eigenvalue weighted by atomic mass is 16.2. The summed E-state index contributed by atoms with van der Waals surface area (Å²) in [5, 5.41) is 0. The third-order valence-corrected chi connectivity index (χ3v) is 1.85. The van der Waals surface area contributed by atoms with E-state index < -0.39 is 0 Å². The molecule has 1 heterocycles. The molecule has 4 nitrogen and oxygen atoms in total. The van der Waals surface area contributed by atoms with Gasteiger partial charge in [-0.15, -0.1) is 6.58 Å². The van der Waals surface area contributed by atoms with Gasteiger partial charge in [-0.25, -0.2) is 4.79 Å². The van der Waals surface area contributed by atoms with Gasteiger partial charge in [-0.05, 0) is 6.92 Å². The highest BCUT2D eigenvalue weighted by molar-refractivity contribution is 5.02. The summed E-state index contributed by atoms with van der Waals surface area (Å²) in [5.41, 5.74) is 0.00441. The van der Waals surface area contributed by atoms with Crippen LogP contribution in [0.5, 0.6) is 0 Å². The molecule has 0 unspecified atom stereocenters. The fourth-order valence-electron chi connectivity index (χ4n) is 1.16. The zero-order valence-electron chi connectivity index (χ0n) is 7.78. The maximum Gasteiger partial charge on any atom is 0.331 e. The van der Waals surface area contributed by atoms with Crippen molar-refractivity contribution in [3.05, 3.63) is 45.3 Å². The minimum atomic E-state index is -0.310. The predicted octanol–water partition coefficient (Wildman–Crippen LogP) is 0.0414. The summed E-state index contributed by atoms with van der Waals surface area (Å²) >= 11 is 0. The summed E-state index contributed by atoms with van der Waals surface area (Å²) < 4.78 is 2.54. The van der Waals surface area contributed by atoms with Crippen LogP contribution in [0.2, 0.25) is 0 Å². The molecule has 0 radical (unpaired) electrons. The number of aromatic nitrogens is 2. The van der Waals surface area contributed by atoms with Crippen molar-refractivity contribution in [1.29, 1.82) is 0 Å². The van der Waals surface area contributed by atoms with Crippen LogP contribution in [0.1, 0.15) is 5.56 Å². The van der Waals surface area contributed by atoms with Gasteiger partial charge < -0.3 is 0 Å². The Morgan fingerprint density at radius 2 is 2.15 bits per heavy atom. The maximum absolute atomic E-state index is 11.4. The first-order valence-corrected chi connectivity index (χ1v) is 3.96. The molecule has 0 fully saturated rings. The average Bonchev–Trinajstić information content (AvgIpc) is 2.11. The lowest BCUT2D eigenvalue weighted by Gasteiger charge is -2.05. The number of nitrogens with zero attached hydrogens (tertiary/aromatic N) is 2. The van der Waals surface area contributed by atoms with Crippen LogP contribution in [-0.4, -0.2) is 9.13 Å². The molecule has 0 spiro atoms. The first kappa shape index (κ1) is 9.51. The number of aryl methyl sites for hydroxylation is 1. The first-order chi connectivity index (χ1) is 6.07. The Hall–Kier alpha value is -1.58. The molecule has 70 valence electrons. The van der Waals surface area contributed by atoms with Crippen molar-refractivity contribution in [1.82, 2.24) is 9.13 Å². The van der Waals surface area contributed by atoms with E-state index in [9.17, 15) is 9.59 Å². The molecule has 1 aromatic rings. The highest BCUT2D eigenvalue weighted by Crippen LogP contribution is 1.85. The molecule has 0 atom stereocenters. The second-order valence-corrected chi connectivity index (χ2v) is 2.90. The van der Waals surface area contributed by atoms with Gasteiger partial charge in [-0.1, -0.05) is 6.08 Å². The van der Waals surface area contributed by atoms with Gasteiger partial charge in [-0.3, -0.25) is 13.9 Å². The summed E-state index contributed by atoms with van der Waals surface area (Å²) in [5.74, 6) is 0. The van der Waals surface area contributed by atoms with E-state index in [0.717, 1.165) is 4.57 Å². The van der Waals surface area contributed by atoms with E-state index in [1.165, 1.54) is 11.6 Å². The summed E-state index contributed by atoms with van der Waals surface area (Å²) in [4.78, 5) is 22.7. The molecule has 0 saturated heterocycles. The van der Waals surface area contributed by atoms with Gasteiger partial charge in [0.05, 0.1) is 0 Å². The SMILES string of the molecule is C=CCn1cc(C)c(=O)n(C)c1=O. The van der Waals surface area contributed by atoms with Crippen LogP contribution in [0.15, 0.2) is 28.4 Å². The average molecular weight is 180 g/mol. The van der Waals surface area contributed by atoms with Gasteiger partial charge in [0.1, 0.15) is 0 Å². The molecule has 0 amide bonds. The molecule has 0 saturated carbocycles. The minimum Gasteiger partial charge on any atom is -0.296 e. The van der Waals surface area contributed by atoms with Gasteiger partial charge in [0.15, 0.2) is 0 Å². The molecule has 1 rings (SSSR count). The van der Waals surface area contributed by atoms with E-state index in [2.05, 4.69) is 6.58 Å². The van der Waals surface area contributed by atoms with Crippen LogP contribution in [0.25, 0.3) is 0 Å². The summed E-state index contributed by atoms with van der Waals surface area (Å²) in [7, 11) is 1.47. The highest BCUT2D eigenvalue weighted by Gasteiger charge is 2.02. The zero-order chi connectivity index (χ0) is 10.0. The van der Waals surface area contributed by atoms with Crippen molar-refractivity contribution in [2.45, 2.75) is 13.5 Å². The monoisotopic (exact) mass is 180 g/mol. The van der Waals surface area contributed by atoms with Crippen molar-refractivity contribution < 1.29 is 0 Å². The predicted molar refractivity (Wildman–Crippen MR) is 50.9 cm³/mol. The second-order valence-electron chi connectivity index (χ2n) is 2.90. The molecule has 13 heavy (non-hydrogen) atoms. The summed E-state index contributed by atoms with van der Waals surface area (Å²) in [6.07, 6.45) is 3.16. The molecule has 0 aliphatic heterocycles. The molecule has 0 aromatic carbocycles. The van der Waals surface area contributed by atoms with Crippen LogP contribution in [-0.2, 0) is 13.6 Å². The van der Waals surface area contributed by atoms with E-state index in [-0.39, 0.29) is 11.2 Å². The fourth-order valence-corrected chi connectivity index (χ4v) is 1.16. The van der Waals surface area contributed by atoms with Crippen LogP contribution < -0.4 is 11.2 Å². The maximum atomic E-state index is 11.4. The summed E-state index contributed by atoms with van der Waals surface area (Å²) in [6.45, 7) is 5.64. The molecular formula is C9H12N2O2. The van der Waals surface area contributed by atoms with Gasteiger partial charge in [0, 0.05) is 25.4 Å². The van der Waals surface area contributed by atoms with Gasteiger partial charge in [-0.2, -0.15) is 0 Å². The smallest absolute Gasteiger partial charge is 0.296 e. The Morgan fingerprint density at radius 1 is 1.54 bits per heavy atom. The van der Waals surface area contributed by atoms with E-state index in [1.54, 1.807) is 19.2 Å². The Labute approximate surface area is 75.7 Å². The Balaban J connectivity index is 3.50. The number of hydrogen-bond donors (Lipinski definition) is 0. The van der Waals surface area contributed by atoms with Gasteiger partial charge in [0.25, 0.3) is 5.56 Å². The minimum absolute atomic E-state index is 0.245. The van der Waals surface area contributed by atoms with Crippen molar-refractivity contribution in [2.24, 2.45) is 7.05 Å². The van der Waals surface area contributed by atoms with E-state index in [4.69, 9.17) is 0 Å². The Kier molecular flexibility index (Phi) is 2.51. The molecule has 0 aliphatic carbocycles. The lowest BCUT2D eigenvalue weighted by Crippen LogP contribution is -2.38. The molecule has 1 aromatic heterocycles. The molecule has 0 N–H and O–H groups in total. The van der Waals surface area contributed by atoms with Crippen LogP contribution in [0.3, 0.4) is 0 Å². The molecule has 0 bridgehead atoms. The van der Waals surface area contributed by atoms with Gasteiger partial charge >= 0.3 is 5.69 Å².